The average Bonchev–Trinajstić information content (AvgIpc) is 2.85. The van der Waals surface area contributed by atoms with Gasteiger partial charge >= 0.3 is 0 Å². The van der Waals surface area contributed by atoms with Crippen molar-refractivity contribution in [3.05, 3.63) is 34.9 Å². The molecule has 1 aromatic rings. The van der Waals surface area contributed by atoms with Crippen LogP contribution in [-0.4, -0.2) is 25.9 Å². The molecule has 1 aliphatic heterocycles. The van der Waals surface area contributed by atoms with E-state index >= 15 is 0 Å². The maximum absolute atomic E-state index is 6.13. The Labute approximate surface area is 109 Å². The van der Waals surface area contributed by atoms with Crippen molar-refractivity contribution < 1.29 is 9.47 Å². The molecule has 1 heterocycles. The van der Waals surface area contributed by atoms with Gasteiger partial charge in [-0.1, -0.05) is 18.2 Å². The number of benzene rings is 1. The van der Waals surface area contributed by atoms with Gasteiger partial charge in [-0.3, -0.25) is 0 Å². The van der Waals surface area contributed by atoms with E-state index in [0.29, 0.717) is 13.2 Å². The molecule has 2 rings (SSSR count). The molecule has 0 radical (unpaired) electrons. The summed E-state index contributed by atoms with van der Waals surface area (Å²) in [5, 5.41) is 0. The topological polar surface area (TPSA) is 44.5 Å². The minimum atomic E-state index is -0.0503. The van der Waals surface area contributed by atoms with Gasteiger partial charge in [-0.05, 0) is 43.4 Å². The number of hydrogen-bond acceptors (Lipinski definition) is 3. The van der Waals surface area contributed by atoms with Crippen LogP contribution in [0.3, 0.4) is 0 Å². The molecule has 0 saturated carbocycles. The summed E-state index contributed by atoms with van der Waals surface area (Å²) >= 11 is 0. The maximum Gasteiger partial charge on any atom is 0.0809 e. The zero-order chi connectivity index (χ0) is 13.0. The number of aryl methyl sites for hydroxylation is 2. The Kier molecular flexibility index (Phi) is 4.75. The van der Waals surface area contributed by atoms with E-state index < -0.39 is 0 Å². The van der Waals surface area contributed by atoms with E-state index in [1.54, 1.807) is 0 Å². The fraction of sp³-hybridized carbons (Fsp3) is 0.600. The predicted octanol–water partition coefficient (Wildman–Crippen LogP) is 2.50. The molecule has 0 aliphatic carbocycles. The quantitative estimate of drug-likeness (QED) is 0.872. The molecule has 100 valence electrons. The molecule has 3 nitrogen and oxygen atoms in total. The van der Waals surface area contributed by atoms with Gasteiger partial charge in [0, 0.05) is 6.61 Å². The van der Waals surface area contributed by atoms with Gasteiger partial charge < -0.3 is 15.2 Å². The molecule has 0 spiro atoms. The van der Waals surface area contributed by atoms with Crippen LogP contribution in [0.15, 0.2) is 18.2 Å². The summed E-state index contributed by atoms with van der Waals surface area (Å²) in [6.45, 7) is 6.31. The molecule has 2 N–H and O–H groups in total. The van der Waals surface area contributed by atoms with Gasteiger partial charge in [-0.25, -0.2) is 0 Å². The third-order valence-electron chi connectivity index (χ3n) is 3.58. The van der Waals surface area contributed by atoms with Crippen LogP contribution in [0.4, 0.5) is 0 Å². The Morgan fingerprint density at radius 1 is 1.39 bits per heavy atom. The van der Waals surface area contributed by atoms with E-state index in [1.165, 1.54) is 11.1 Å². The van der Waals surface area contributed by atoms with Crippen LogP contribution in [0, 0.1) is 13.8 Å². The Hall–Kier alpha value is -0.900. The standard InChI is InChI=1S/C15H23NO2/c1-11-5-6-13(8-12(11)2)15(16)10-17-9-14-4-3-7-18-14/h5-6,8,14-15H,3-4,7,9-10,16H2,1-2H3. The van der Waals surface area contributed by atoms with Crippen molar-refractivity contribution in [3.63, 3.8) is 0 Å². The second-order valence-corrected chi connectivity index (χ2v) is 5.12. The number of rotatable bonds is 5. The summed E-state index contributed by atoms with van der Waals surface area (Å²) in [7, 11) is 0. The molecular weight excluding hydrogens is 226 g/mol. The molecule has 0 aromatic heterocycles. The molecule has 1 aliphatic rings. The van der Waals surface area contributed by atoms with E-state index in [1.807, 2.05) is 0 Å². The smallest absolute Gasteiger partial charge is 0.0809 e. The van der Waals surface area contributed by atoms with Crippen molar-refractivity contribution in [3.8, 4) is 0 Å². The number of hydrogen-bond donors (Lipinski definition) is 1. The van der Waals surface area contributed by atoms with E-state index in [-0.39, 0.29) is 12.1 Å². The molecular formula is C15H23NO2. The Morgan fingerprint density at radius 3 is 2.89 bits per heavy atom. The van der Waals surface area contributed by atoms with Gasteiger partial charge in [-0.2, -0.15) is 0 Å². The number of nitrogens with two attached hydrogens (primary N) is 1. The van der Waals surface area contributed by atoms with Crippen LogP contribution in [-0.2, 0) is 9.47 Å². The second-order valence-electron chi connectivity index (χ2n) is 5.12. The zero-order valence-corrected chi connectivity index (χ0v) is 11.3. The van der Waals surface area contributed by atoms with Gasteiger partial charge in [0.15, 0.2) is 0 Å². The van der Waals surface area contributed by atoms with Crippen LogP contribution in [0.25, 0.3) is 0 Å². The molecule has 1 aromatic carbocycles. The highest BCUT2D eigenvalue weighted by Gasteiger charge is 2.16. The van der Waals surface area contributed by atoms with Crippen LogP contribution < -0.4 is 5.73 Å². The first kappa shape index (κ1) is 13.5. The van der Waals surface area contributed by atoms with E-state index in [9.17, 15) is 0 Å². The summed E-state index contributed by atoms with van der Waals surface area (Å²) in [6.07, 6.45) is 2.53. The molecule has 2 unspecified atom stereocenters. The molecule has 0 amide bonds. The highest BCUT2D eigenvalue weighted by Crippen LogP contribution is 2.17. The predicted molar refractivity (Wildman–Crippen MR) is 72.6 cm³/mol. The molecule has 0 bridgehead atoms. The van der Waals surface area contributed by atoms with E-state index in [2.05, 4.69) is 32.0 Å². The third kappa shape index (κ3) is 3.55. The lowest BCUT2D eigenvalue weighted by molar-refractivity contribution is 0.0129. The number of ether oxygens (including phenoxy) is 2. The van der Waals surface area contributed by atoms with E-state index in [0.717, 1.165) is 25.0 Å². The maximum atomic E-state index is 6.13. The third-order valence-corrected chi connectivity index (χ3v) is 3.58. The summed E-state index contributed by atoms with van der Waals surface area (Å²) < 4.78 is 11.2. The first-order valence-corrected chi connectivity index (χ1v) is 6.69. The van der Waals surface area contributed by atoms with E-state index in [4.69, 9.17) is 15.2 Å². The SMILES string of the molecule is Cc1ccc(C(N)COCC2CCCO2)cc1C. The van der Waals surface area contributed by atoms with Gasteiger partial charge in [0.2, 0.25) is 0 Å². The summed E-state index contributed by atoms with van der Waals surface area (Å²) in [5.41, 5.74) is 9.85. The van der Waals surface area contributed by atoms with Crippen molar-refractivity contribution >= 4 is 0 Å². The highest BCUT2D eigenvalue weighted by atomic mass is 16.5. The van der Waals surface area contributed by atoms with Gasteiger partial charge in [-0.15, -0.1) is 0 Å². The van der Waals surface area contributed by atoms with Crippen LogP contribution in [0.2, 0.25) is 0 Å². The first-order chi connectivity index (χ1) is 8.66. The summed E-state index contributed by atoms with van der Waals surface area (Å²) in [6, 6.07) is 6.30. The van der Waals surface area contributed by atoms with Crippen molar-refractivity contribution in [2.75, 3.05) is 19.8 Å². The second kappa shape index (κ2) is 6.32. The average molecular weight is 249 g/mol. The normalized spacial score (nSPS) is 21.2. The molecule has 3 heteroatoms. The fourth-order valence-corrected chi connectivity index (χ4v) is 2.19. The molecule has 1 fully saturated rings. The van der Waals surface area contributed by atoms with Gasteiger partial charge in [0.1, 0.15) is 0 Å². The van der Waals surface area contributed by atoms with Gasteiger partial charge in [0.25, 0.3) is 0 Å². The Bertz CT molecular complexity index is 386. The van der Waals surface area contributed by atoms with Gasteiger partial charge in [0.05, 0.1) is 25.4 Å². The summed E-state index contributed by atoms with van der Waals surface area (Å²) in [4.78, 5) is 0. The van der Waals surface area contributed by atoms with Crippen LogP contribution >= 0.6 is 0 Å². The largest absolute Gasteiger partial charge is 0.377 e. The highest BCUT2D eigenvalue weighted by molar-refractivity contribution is 5.31. The van der Waals surface area contributed by atoms with Crippen molar-refractivity contribution in [2.45, 2.75) is 38.8 Å². The van der Waals surface area contributed by atoms with Crippen LogP contribution in [0.1, 0.15) is 35.6 Å². The Balaban J connectivity index is 1.79. The van der Waals surface area contributed by atoms with Crippen molar-refractivity contribution in [2.24, 2.45) is 5.73 Å². The summed E-state index contributed by atoms with van der Waals surface area (Å²) in [5.74, 6) is 0. The zero-order valence-electron chi connectivity index (χ0n) is 11.3. The van der Waals surface area contributed by atoms with Crippen LogP contribution in [0.5, 0.6) is 0 Å². The minimum absolute atomic E-state index is 0.0503. The van der Waals surface area contributed by atoms with Crippen molar-refractivity contribution in [1.29, 1.82) is 0 Å². The molecule has 1 saturated heterocycles. The lowest BCUT2D eigenvalue weighted by Crippen LogP contribution is -2.21. The Morgan fingerprint density at radius 2 is 2.22 bits per heavy atom. The van der Waals surface area contributed by atoms with Crippen molar-refractivity contribution in [1.82, 2.24) is 0 Å². The fourth-order valence-electron chi connectivity index (χ4n) is 2.19. The monoisotopic (exact) mass is 249 g/mol. The lowest BCUT2D eigenvalue weighted by atomic mass is 10.0. The minimum Gasteiger partial charge on any atom is -0.377 e. The lowest BCUT2D eigenvalue weighted by Gasteiger charge is -2.16. The molecule has 18 heavy (non-hydrogen) atoms. The first-order valence-electron chi connectivity index (χ1n) is 6.69. The molecule has 2 atom stereocenters.